The average Bonchev–Trinajstić information content (AvgIpc) is 3.15. The standard InChI is InChI=1S/2C8H12.C5H5.C5H7.2Ni/c2*1-2-4-6-8-7-5-3-1;1-2-4-5-3-1;1-3-5-4-2;;/h2*1-2,7-8H,3-6H2;1-5H;1,3-5H,2H3;;/q;;2*-1;;+2. The molecule has 0 saturated carbocycles. The van der Waals surface area contributed by atoms with Gasteiger partial charge in [0.2, 0.25) is 0 Å². The first-order valence-corrected chi connectivity index (χ1v) is 9.84. The fourth-order valence-corrected chi connectivity index (χ4v) is 2.14. The van der Waals surface area contributed by atoms with E-state index in [-0.39, 0.29) is 33.0 Å². The molecule has 0 unspecified atom stereocenters. The Kier molecular flexibility index (Phi) is 34.3. The van der Waals surface area contributed by atoms with Crippen LogP contribution in [0.2, 0.25) is 0 Å². The second kappa shape index (κ2) is 30.5. The van der Waals surface area contributed by atoms with Crippen LogP contribution in [0.15, 0.2) is 97.2 Å². The molecule has 28 heavy (non-hydrogen) atoms. The van der Waals surface area contributed by atoms with E-state index in [4.69, 9.17) is 6.58 Å². The Morgan fingerprint density at radius 1 is 0.643 bits per heavy atom. The number of hydrogen-bond donors (Lipinski definition) is 0. The van der Waals surface area contributed by atoms with Crippen molar-refractivity contribution in [3.05, 3.63) is 104 Å². The van der Waals surface area contributed by atoms with E-state index in [1.165, 1.54) is 57.4 Å². The van der Waals surface area contributed by atoms with Gasteiger partial charge in [-0.2, -0.15) is 24.3 Å². The molecule has 0 aliphatic heterocycles. The molecule has 1 aromatic carbocycles. The SMILES string of the molecule is C1=CCCC=CCC1.C1=CCCC=CCC1.[CH-]=CC=CC.[Ni+2].[Ni].c1cc[cH-]c1. The first-order chi connectivity index (χ1) is 12.9. The van der Waals surface area contributed by atoms with Gasteiger partial charge in [0.25, 0.3) is 0 Å². The van der Waals surface area contributed by atoms with Crippen molar-refractivity contribution in [1.82, 2.24) is 0 Å². The minimum atomic E-state index is 0. The van der Waals surface area contributed by atoms with E-state index in [9.17, 15) is 0 Å². The second-order valence-corrected chi connectivity index (χ2v) is 5.88. The molecule has 2 aliphatic rings. The van der Waals surface area contributed by atoms with E-state index in [2.05, 4.69) is 48.6 Å². The van der Waals surface area contributed by atoms with Gasteiger partial charge in [-0.3, -0.25) is 6.58 Å². The van der Waals surface area contributed by atoms with Crippen LogP contribution in [0.4, 0.5) is 0 Å². The average molecular weight is 466 g/mol. The summed E-state index contributed by atoms with van der Waals surface area (Å²) < 4.78 is 0. The summed E-state index contributed by atoms with van der Waals surface area (Å²) in [6, 6.07) is 10.0. The van der Waals surface area contributed by atoms with Crippen LogP contribution >= 0.6 is 0 Å². The van der Waals surface area contributed by atoms with Gasteiger partial charge >= 0.3 is 16.5 Å². The molecule has 0 atom stereocenters. The summed E-state index contributed by atoms with van der Waals surface area (Å²) in [5, 5.41) is 0. The number of hydrogen-bond acceptors (Lipinski definition) is 0. The minimum Gasteiger partial charge on any atom is -0.293 e. The van der Waals surface area contributed by atoms with Crippen LogP contribution in [0.1, 0.15) is 58.3 Å². The summed E-state index contributed by atoms with van der Waals surface area (Å²) in [7, 11) is 0. The Balaban J connectivity index is -0.000000298. The molecule has 3 rings (SSSR count). The van der Waals surface area contributed by atoms with Crippen LogP contribution in [-0.2, 0) is 33.0 Å². The van der Waals surface area contributed by atoms with Crippen LogP contribution in [-0.4, -0.2) is 0 Å². The molecule has 0 N–H and O–H groups in total. The van der Waals surface area contributed by atoms with Crippen molar-refractivity contribution >= 4 is 0 Å². The fraction of sp³-hybridized carbons (Fsp3) is 0.346. The quantitative estimate of drug-likeness (QED) is 0.169. The maximum absolute atomic E-state index is 4.93. The molecule has 2 aliphatic carbocycles. The largest absolute Gasteiger partial charge is 2.00 e. The van der Waals surface area contributed by atoms with Gasteiger partial charge in [0.05, 0.1) is 0 Å². The summed E-state index contributed by atoms with van der Waals surface area (Å²) in [5.41, 5.74) is 0. The van der Waals surface area contributed by atoms with E-state index in [0.717, 1.165) is 0 Å². The summed E-state index contributed by atoms with van der Waals surface area (Å²) in [6.45, 7) is 6.85. The normalized spacial score (nSPS) is 14.5. The second-order valence-electron chi connectivity index (χ2n) is 5.88. The molecule has 160 valence electrons. The Morgan fingerprint density at radius 2 is 0.929 bits per heavy atom. The molecular formula is C26H36Ni2. The molecule has 0 heterocycles. The van der Waals surface area contributed by atoms with E-state index >= 15 is 0 Å². The monoisotopic (exact) mass is 464 g/mol. The zero-order chi connectivity index (χ0) is 19.0. The van der Waals surface area contributed by atoms with Crippen LogP contribution < -0.4 is 0 Å². The molecule has 0 radical (unpaired) electrons. The molecule has 0 nitrogen and oxygen atoms in total. The maximum Gasteiger partial charge on any atom is 2.00 e. The van der Waals surface area contributed by atoms with Gasteiger partial charge in [-0.05, 0) is 51.4 Å². The maximum atomic E-state index is 4.93. The molecule has 0 aromatic heterocycles. The van der Waals surface area contributed by atoms with Crippen molar-refractivity contribution in [2.45, 2.75) is 58.3 Å². The summed E-state index contributed by atoms with van der Waals surface area (Å²) in [6.07, 6.45) is 33.2. The molecule has 0 bridgehead atoms. The fourth-order valence-electron chi connectivity index (χ4n) is 2.14. The molecule has 1 aromatic rings. The molecule has 0 spiro atoms. The van der Waals surface area contributed by atoms with Gasteiger partial charge < -0.3 is 0 Å². The third-order valence-corrected chi connectivity index (χ3v) is 3.53. The number of rotatable bonds is 1. The predicted octanol–water partition coefficient (Wildman–Crippen LogP) is 8.30. The first kappa shape index (κ1) is 31.5. The van der Waals surface area contributed by atoms with E-state index in [1.807, 2.05) is 43.3 Å². The molecular weight excluding hydrogens is 430 g/mol. The predicted molar refractivity (Wildman–Crippen MR) is 119 cm³/mol. The zero-order valence-corrected chi connectivity index (χ0v) is 19.1. The summed E-state index contributed by atoms with van der Waals surface area (Å²) in [5.74, 6) is 0. The van der Waals surface area contributed by atoms with Crippen molar-refractivity contribution in [2.75, 3.05) is 0 Å². The minimum absolute atomic E-state index is 0. The van der Waals surface area contributed by atoms with Gasteiger partial charge in [0.15, 0.2) is 0 Å². The Morgan fingerprint density at radius 3 is 1.04 bits per heavy atom. The van der Waals surface area contributed by atoms with Crippen molar-refractivity contribution < 1.29 is 33.0 Å². The van der Waals surface area contributed by atoms with Crippen molar-refractivity contribution in [3.8, 4) is 0 Å². The van der Waals surface area contributed by atoms with Gasteiger partial charge in [0, 0.05) is 16.5 Å². The Labute approximate surface area is 194 Å². The summed E-state index contributed by atoms with van der Waals surface area (Å²) >= 11 is 0. The van der Waals surface area contributed by atoms with Crippen LogP contribution in [0.3, 0.4) is 0 Å². The van der Waals surface area contributed by atoms with Crippen molar-refractivity contribution in [2.24, 2.45) is 0 Å². The number of allylic oxidation sites excluding steroid dienone is 11. The molecule has 0 amide bonds. The topological polar surface area (TPSA) is 0 Å². The van der Waals surface area contributed by atoms with E-state index in [1.54, 1.807) is 6.08 Å². The van der Waals surface area contributed by atoms with Gasteiger partial charge in [-0.1, -0.05) is 55.5 Å². The molecule has 0 saturated heterocycles. The van der Waals surface area contributed by atoms with Crippen molar-refractivity contribution in [3.63, 3.8) is 0 Å². The van der Waals surface area contributed by atoms with E-state index in [0.29, 0.717) is 0 Å². The first-order valence-electron chi connectivity index (χ1n) is 9.84. The molecule has 0 fully saturated rings. The third-order valence-electron chi connectivity index (χ3n) is 3.53. The van der Waals surface area contributed by atoms with Gasteiger partial charge in [0.1, 0.15) is 0 Å². The third kappa shape index (κ3) is 29.5. The summed E-state index contributed by atoms with van der Waals surface area (Å²) in [4.78, 5) is 0. The van der Waals surface area contributed by atoms with Gasteiger partial charge in [-0.15, -0.1) is 0 Å². The molecule has 2 heteroatoms. The van der Waals surface area contributed by atoms with Crippen LogP contribution in [0.5, 0.6) is 0 Å². The van der Waals surface area contributed by atoms with Gasteiger partial charge in [-0.25, -0.2) is 24.3 Å². The Hall–Kier alpha value is -1.22. The smallest absolute Gasteiger partial charge is 0.293 e. The van der Waals surface area contributed by atoms with Crippen LogP contribution in [0, 0.1) is 6.58 Å². The van der Waals surface area contributed by atoms with E-state index < -0.39 is 0 Å². The van der Waals surface area contributed by atoms with Crippen molar-refractivity contribution in [1.29, 1.82) is 0 Å². The Bertz CT molecular complexity index is 419. The zero-order valence-electron chi connectivity index (χ0n) is 17.1. The van der Waals surface area contributed by atoms with Crippen LogP contribution in [0.25, 0.3) is 0 Å².